The van der Waals surface area contributed by atoms with Crippen molar-refractivity contribution in [2.45, 2.75) is 37.7 Å². The fourth-order valence-electron chi connectivity index (χ4n) is 3.06. The third kappa shape index (κ3) is 4.65. The molecule has 8 nitrogen and oxygen atoms in total. The Bertz CT molecular complexity index is 855. The molecular formula is C18H23N2O6P. The lowest BCUT2D eigenvalue weighted by Crippen LogP contribution is -2.36. The zero-order valence-corrected chi connectivity index (χ0v) is 16.2. The molecule has 0 saturated carbocycles. The molecule has 1 aliphatic rings. The Labute approximate surface area is 158 Å². The fraction of sp³-hybridized carbons (Fsp3) is 0.444. The monoisotopic (exact) mass is 394 g/mol. The van der Waals surface area contributed by atoms with Gasteiger partial charge in [-0.15, -0.1) is 0 Å². The highest BCUT2D eigenvalue weighted by Gasteiger charge is 2.47. The molecule has 1 fully saturated rings. The van der Waals surface area contributed by atoms with Gasteiger partial charge in [-0.2, -0.15) is 0 Å². The van der Waals surface area contributed by atoms with Crippen LogP contribution < -0.4 is 15.8 Å². The summed E-state index contributed by atoms with van der Waals surface area (Å²) in [6.07, 6.45) is 1.69. The minimum absolute atomic E-state index is 0.169. The van der Waals surface area contributed by atoms with E-state index >= 15 is 0 Å². The van der Waals surface area contributed by atoms with E-state index in [2.05, 4.69) is 4.98 Å². The number of H-pyrrole nitrogens is 1. The molecule has 0 bridgehead atoms. The molecule has 1 saturated heterocycles. The molecule has 1 N–H and O–H groups in total. The summed E-state index contributed by atoms with van der Waals surface area (Å²) in [5.74, 6) is 0.737. The first-order valence-corrected chi connectivity index (χ1v) is 9.49. The number of hydrogen-bond donors (Lipinski definition) is 1. The van der Waals surface area contributed by atoms with Crippen molar-refractivity contribution in [1.29, 1.82) is 0 Å². The van der Waals surface area contributed by atoms with Crippen LogP contribution in [0.25, 0.3) is 0 Å². The molecule has 146 valence electrons. The summed E-state index contributed by atoms with van der Waals surface area (Å²) < 4.78 is 24.4. The van der Waals surface area contributed by atoms with Gasteiger partial charge in [0.2, 0.25) is 9.03 Å². The molecule has 0 spiro atoms. The van der Waals surface area contributed by atoms with Crippen LogP contribution in [-0.4, -0.2) is 35.0 Å². The van der Waals surface area contributed by atoms with Crippen LogP contribution in [0.4, 0.5) is 0 Å². The standard InChI is InChI=1S/C18H23N2O6P/c1-3-18(12-24-27-26-13-7-5-4-6-8-13)11-14(23-2)16(25-18)20-10-9-15(21)19-17(20)22/h4-10,14,16,27H,3,11-12H2,1-2H3,(H,19,21,22)/t14?,16?,18-/m0/s1. The molecule has 3 unspecified atom stereocenters. The lowest BCUT2D eigenvalue weighted by Gasteiger charge is -2.27. The maximum atomic E-state index is 12.1. The van der Waals surface area contributed by atoms with Crippen LogP contribution in [0, 0.1) is 0 Å². The summed E-state index contributed by atoms with van der Waals surface area (Å²) >= 11 is 0. The van der Waals surface area contributed by atoms with E-state index in [1.807, 2.05) is 37.3 Å². The Balaban J connectivity index is 1.66. The van der Waals surface area contributed by atoms with Crippen molar-refractivity contribution >= 4 is 9.03 Å². The van der Waals surface area contributed by atoms with Crippen LogP contribution >= 0.6 is 9.03 Å². The zero-order valence-electron chi connectivity index (χ0n) is 15.2. The van der Waals surface area contributed by atoms with Gasteiger partial charge in [0.05, 0.1) is 12.2 Å². The summed E-state index contributed by atoms with van der Waals surface area (Å²) in [7, 11) is 1.40. The molecular weight excluding hydrogens is 371 g/mol. The topological polar surface area (TPSA) is 91.8 Å². The number of hydrogen-bond acceptors (Lipinski definition) is 6. The quantitative estimate of drug-likeness (QED) is 0.545. The highest BCUT2D eigenvalue weighted by atomic mass is 31.1. The van der Waals surface area contributed by atoms with Crippen LogP contribution in [-0.2, 0) is 14.0 Å². The number of nitrogens with zero attached hydrogens (tertiary/aromatic N) is 1. The van der Waals surface area contributed by atoms with Gasteiger partial charge in [-0.1, -0.05) is 25.1 Å². The van der Waals surface area contributed by atoms with E-state index in [9.17, 15) is 9.59 Å². The summed E-state index contributed by atoms with van der Waals surface area (Å²) in [5.41, 5.74) is -1.59. The summed E-state index contributed by atoms with van der Waals surface area (Å²) in [6, 6.07) is 10.7. The van der Waals surface area contributed by atoms with E-state index < -0.39 is 23.1 Å². The largest absolute Gasteiger partial charge is 0.450 e. The van der Waals surface area contributed by atoms with Gasteiger partial charge in [-0.05, 0) is 18.6 Å². The Kier molecular flexibility index (Phi) is 6.44. The molecule has 4 atom stereocenters. The minimum Gasteiger partial charge on any atom is -0.450 e. The predicted molar refractivity (Wildman–Crippen MR) is 101 cm³/mol. The highest BCUT2D eigenvalue weighted by Crippen LogP contribution is 2.41. The van der Waals surface area contributed by atoms with E-state index in [0.29, 0.717) is 19.4 Å². The molecule has 0 amide bonds. The number of para-hydroxylation sites is 1. The molecule has 1 aromatic carbocycles. The molecule has 2 heterocycles. The average Bonchev–Trinajstić information content (AvgIpc) is 3.05. The van der Waals surface area contributed by atoms with Crippen molar-refractivity contribution in [2.24, 2.45) is 0 Å². The van der Waals surface area contributed by atoms with Crippen LogP contribution in [0.3, 0.4) is 0 Å². The SMILES string of the molecule is CC[C@@]1(COPOc2ccccc2)CC(OC)C(n2ccc(=O)[nH]c2=O)O1. The van der Waals surface area contributed by atoms with Crippen molar-refractivity contribution < 1.29 is 18.5 Å². The van der Waals surface area contributed by atoms with E-state index in [-0.39, 0.29) is 15.1 Å². The van der Waals surface area contributed by atoms with Crippen LogP contribution in [0.15, 0.2) is 52.2 Å². The maximum Gasteiger partial charge on any atom is 0.330 e. The Morgan fingerprint density at radius 2 is 2.07 bits per heavy atom. The van der Waals surface area contributed by atoms with Crippen LogP contribution in [0.5, 0.6) is 5.75 Å². The maximum absolute atomic E-state index is 12.1. The molecule has 0 radical (unpaired) electrons. The summed E-state index contributed by atoms with van der Waals surface area (Å²) in [6.45, 7) is 2.30. The minimum atomic E-state index is -0.638. The Morgan fingerprint density at radius 3 is 2.74 bits per heavy atom. The molecule has 1 aliphatic heterocycles. The smallest absolute Gasteiger partial charge is 0.330 e. The number of aromatic nitrogens is 2. The van der Waals surface area contributed by atoms with Gasteiger partial charge in [-0.25, -0.2) is 4.79 Å². The molecule has 9 heteroatoms. The highest BCUT2D eigenvalue weighted by molar-refractivity contribution is 7.26. The molecule has 1 aromatic heterocycles. The van der Waals surface area contributed by atoms with Gasteiger partial charge < -0.3 is 18.5 Å². The Morgan fingerprint density at radius 1 is 1.30 bits per heavy atom. The van der Waals surface area contributed by atoms with Crippen molar-refractivity contribution in [3.05, 3.63) is 63.4 Å². The van der Waals surface area contributed by atoms with Crippen molar-refractivity contribution in [3.63, 3.8) is 0 Å². The lowest BCUT2D eigenvalue weighted by atomic mass is 9.97. The summed E-state index contributed by atoms with van der Waals surface area (Å²) in [4.78, 5) is 25.7. The Hall–Kier alpha value is -1.99. The molecule has 27 heavy (non-hydrogen) atoms. The zero-order chi connectivity index (χ0) is 19.3. The number of rotatable bonds is 8. The van der Waals surface area contributed by atoms with Crippen molar-refractivity contribution in [3.8, 4) is 5.75 Å². The predicted octanol–water partition coefficient (Wildman–Crippen LogP) is 2.22. The second-order valence-electron chi connectivity index (χ2n) is 6.33. The third-order valence-electron chi connectivity index (χ3n) is 4.63. The van der Waals surface area contributed by atoms with E-state index in [1.54, 1.807) is 7.11 Å². The lowest BCUT2D eigenvalue weighted by molar-refractivity contribution is -0.110. The second-order valence-corrected chi connectivity index (χ2v) is 6.99. The first-order chi connectivity index (χ1) is 13.1. The molecule has 3 rings (SSSR count). The molecule has 2 aromatic rings. The van der Waals surface area contributed by atoms with Crippen molar-refractivity contribution in [2.75, 3.05) is 13.7 Å². The van der Waals surface area contributed by atoms with Crippen LogP contribution in [0.2, 0.25) is 0 Å². The second kappa shape index (κ2) is 8.80. The van der Waals surface area contributed by atoms with Crippen molar-refractivity contribution in [1.82, 2.24) is 9.55 Å². The number of aromatic amines is 1. The third-order valence-corrected chi connectivity index (χ3v) is 5.21. The van der Waals surface area contributed by atoms with Crippen LogP contribution in [0.1, 0.15) is 26.0 Å². The van der Waals surface area contributed by atoms with Gasteiger partial charge in [0.15, 0.2) is 6.23 Å². The number of nitrogens with one attached hydrogen (secondary N) is 1. The van der Waals surface area contributed by atoms with Gasteiger partial charge in [0, 0.05) is 25.8 Å². The van der Waals surface area contributed by atoms with Gasteiger partial charge in [-0.3, -0.25) is 14.3 Å². The van der Waals surface area contributed by atoms with E-state index in [1.165, 1.54) is 16.8 Å². The number of ether oxygens (including phenoxy) is 2. The van der Waals surface area contributed by atoms with E-state index in [0.717, 1.165) is 5.75 Å². The normalized spacial score (nSPS) is 25.3. The first kappa shape index (κ1) is 19.8. The number of benzene rings is 1. The number of methoxy groups -OCH3 is 1. The van der Waals surface area contributed by atoms with Gasteiger partial charge in [0.1, 0.15) is 11.9 Å². The average molecular weight is 394 g/mol. The fourth-order valence-corrected chi connectivity index (χ4v) is 3.67. The van der Waals surface area contributed by atoms with Gasteiger partial charge >= 0.3 is 5.69 Å². The summed E-state index contributed by atoms with van der Waals surface area (Å²) in [5, 5.41) is 0. The van der Waals surface area contributed by atoms with E-state index in [4.69, 9.17) is 18.5 Å². The first-order valence-electron chi connectivity index (χ1n) is 8.68. The molecule has 0 aliphatic carbocycles. The van der Waals surface area contributed by atoms with Gasteiger partial charge in [0.25, 0.3) is 5.56 Å².